The Kier molecular flexibility index (Phi) is 7.11. The van der Waals surface area contributed by atoms with E-state index in [2.05, 4.69) is 21.0 Å². The predicted octanol–water partition coefficient (Wildman–Crippen LogP) is 5.68. The second-order valence-electron chi connectivity index (χ2n) is 7.37. The monoisotopic (exact) mass is 526 g/mol. The highest BCUT2D eigenvalue weighted by Crippen LogP contribution is 2.34. The molecule has 0 saturated carbocycles. The van der Waals surface area contributed by atoms with Crippen LogP contribution in [0.2, 0.25) is 5.02 Å². The number of rotatable bonds is 7. The minimum absolute atomic E-state index is 0.257. The number of methoxy groups -OCH3 is 1. The quantitative estimate of drug-likeness (QED) is 0.371. The Morgan fingerprint density at radius 2 is 1.88 bits per heavy atom. The summed E-state index contributed by atoms with van der Waals surface area (Å²) in [5, 5.41) is 6.71. The third-order valence-electron chi connectivity index (χ3n) is 5.29. The highest BCUT2D eigenvalue weighted by Gasteiger charge is 2.33. The van der Waals surface area contributed by atoms with Crippen molar-refractivity contribution in [2.45, 2.75) is 12.5 Å². The zero-order chi connectivity index (χ0) is 23.4. The number of carbonyl (C=O) groups is 2. The summed E-state index contributed by atoms with van der Waals surface area (Å²) in [5.41, 5.74) is 2.95. The molecule has 1 heterocycles. The molecule has 0 spiro atoms. The number of aldehydes is 1. The van der Waals surface area contributed by atoms with Crippen LogP contribution >= 0.6 is 27.5 Å². The van der Waals surface area contributed by atoms with Crippen molar-refractivity contribution in [3.63, 3.8) is 0 Å². The number of hydrogen-bond donors (Lipinski definition) is 0. The molecule has 33 heavy (non-hydrogen) atoms. The van der Waals surface area contributed by atoms with E-state index in [-0.39, 0.29) is 18.6 Å². The summed E-state index contributed by atoms with van der Waals surface area (Å²) in [6.45, 7) is -0.257. The Hall–Kier alpha value is -3.16. The van der Waals surface area contributed by atoms with Gasteiger partial charge in [0.25, 0.3) is 5.91 Å². The van der Waals surface area contributed by atoms with Crippen LogP contribution in [-0.2, 0) is 4.79 Å². The van der Waals surface area contributed by atoms with Crippen LogP contribution in [0.5, 0.6) is 11.5 Å². The number of benzene rings is 3. The van der Waals surface area contributed by atoms with Gasteiger partial charge in [-0.25, -0.2) is 5.01 Å². The average Bonchev–Trinajstić information content (AvgIpc) is 3.29. The first kappa shape index (κ1) is 23.0. The zero-order valence-electron chi connectivity index (χ0n) is 17.7. The number of hydrogen-bond acceptors (Lipinski definition) is 5. The second-order valence-corrected chi connectivity index (χ2v) is 8.73. The Balaban J connectivity index is 1.59. The molecule has 0 aliphatic carbocycles. The average molecular weight is 528 g/mol. The largest absolute Gasteiger partial charge is 0.497 e. The molecule has 6 nitrogen and oxygen atoms in total. The Bertz CT molecular complexity index is 1200. The smallest absolute Gasteiger partial charge is 0.281 e. The van der Waals surface area contributed by atoms with Crippen molar-refractivity contribution < 1.29 is 19.1 Å². The number of carbonyl (C=O) groups excluding carboxylic acids is 2. The van der Waals surface area contributed by atoms with E-state index in [1.54, 1.807) is 37.4 Å². The Morgan fingerprint density at radius 3 is 2.55 bits per heavy atom. The van der Waals surface area contributed by atoms with Gasteiger partial charge in [0.2, 0.25) is 0 Å². The molecule has 3 aromatic carbocycles. The van der Waals surface area contributed by atoms with Crippen LogP contribution in [0.3, 0.4) is 0 Å². The number of ether oxygens (including phenoxy) is 2. The normalized spacial score (nSPS) is 15.2. The molecule has 4 rings (SSSR count). The number of halogens is 2. The van der Waals surface area contributed by atoms with Gasteiger partial charge in [-0.1, -0.05) is 51.8 Å². The molecule has 1 aliphatic heterocycles. The van der Waals surface area contributed by atoms with Crippen LogP contribution in [-0.4, -0.2) is 36.6 Å². The van der Waals surface area contributed by atoms with Gasteiger partial charge in [-0.05, 0) is 53.6 Å². The molecule has 0 fully saturated rings. The fraction of sp³-hybridized carbons (Fsp3) is 0.160. The van der Waals surface area contributed by atoms with Gasteiger partial charge in [-0.15, -0.1) is 0 Å². The van der Waals surface area contributed by atoms with Crippen molar-refractivity contribution in [1.29, 1.82) is 0 Å². The van der Waals surface area contributed by atoms with Crippen LogP contribution in [0.1, 0.15) is 33.9 Å². The molecule has 0 N–H and O–H groups in total. The molecule has 0 saturated heterocycles. The summed E-state index contributed by atoms with van der Waals surface area (Å²) in [4.78, 5) is 24.5. The molecular formula is C25H20BrClN2O4. The maximum Gasteiger partial charge on any atom is 0.281 e. The highest BCUT2D eigenvalue weighted by molar-refractivity contribution is 9.10. The maximum atomic E-state index is 13.2. The lowest BCUT2D eigenvalue weighted by Crippen LogP contribution is -2.31. The number of nitrogens with zero attached hydrogens (tertiary/aromatic N) is 2. The summed E-state index contributed by atoms with van der Waals surface area (Å²) < 4.78 is 11.7. The van der Waals surface area contributed by atoms with Gasteiger partial charge in [-0.3, -0.25) is 9.59 Å². The molecule has 3 aromatic rings. The standard InChI is InChI=1S/C25H20BrClN2O4/c1-32-21-9-4-17(5-10-21)23-13-22(16-2-7-20(27)8-3-16)28-29(23)25(31)15-33-24-11-6-19(26)12-18(24)14-30/h2-12,14,23H,13,15H2,1H3. The van der Waals surface area contributed by atoms with E-state index in [0.717, 1.165) is 27.1 Å². The third kappa shape index (κ3) is 5.26. The zero-order valence-corrected chi connectivity index (χ0v) is 20.0. The van der Waals surface area contributed by atoms with E-state index in [9.17, 15) is 9.59 Å². The molecule has 8 heteroatoms. The summed E-state index contributed by atoms with van der Waals surface area (Å²) in [5.74, 6) is 0.747. The fourth-order valence-electron chi connectivity index (χ4n) is 3.59. The first-order valence-corrected chi connectivity index (χ1v) is 11.3. The molecule has 0 aromatic heterocycles. The fourth-order valence-corrected chi connectivity index (χ4v) is 4.10. The predicted molar refractivity (Wildman–Crippen MR) is 130 cm³/mol. The van der Waals surface area contributed by atoms with Crippen molar-refractivity contribution in [1.82, 2.24) is 5.01 Å². The van der Waals surface area contributed by atoms with Crippen LogP contribution in [0, 0.1) is 0 Å². The lowest BCUT2D eigenvalue weighted by Gasteiger charge is -2.22. The van der Waals surface area contributed by atoms with Crippen molar-refractivity contribution in [3.8, 4) is 11.5 Å². The molecule has 1 atom stereocenters. The third-order valence-corrected chi connectivity index (χ3v) is 6.04. The molecular weight excluding hydrogens is 508 g/mol. The molecule has 1 amide bonds. The highest BCUT2D eigenvalue weighted by atomic mass is 79.9. The first-order chi connectivity index (χ1) is 16.0. The van der Waals surface area contributed by atoms with Crippen LogP contribution < -0.4 is 9.47 Å². The van der Waals surface area contributed by atoms with E-state index in [4.69, 9.17) is 21.1 Å². The molecule has 0 bridgehead atoms. The Morgan fingerprint density at radius 1 is 1.15 bits per heavy atom. The molecule has 1 aliphatic rings. The van der Waals surface area contributed by atoms with Crippen molar-refractivity contribution in [3.05, 3.63) is 92.9 Å². The SMILES string of the molecule is COc1ccc(C2CC(c3ccc(Cl)cc3)=NN2C(=O)COc2ccc(Br)cc2C=O)cc1. The second kappa shape index (κ2) is 10.2. The Labute approximate surface area is 204 Å². The van der Waals surface area contributed by atoms with Crippen LogP contribution in [0.25, 0.3) is 0 Å². The van der Waals surface area contributed by atoms with Gasteiger partial charge in [0.05, 0.1) is 24.4 Å². The minimum atomic E-state index is -0.320. The van der Waals surface area contributed by atoms with E-state index in [0.29, 0.717) is 29.0 Å². The van der Waals surface area contributed by atoms with Crippen molar-refractivity contribution in [2.75, 3.05) is 13.7 Å². The summed E-state index contributed by atoms with van der Waals surface area (Å²) in [7, 11) is 1.61. The molecule has 0 radical (unpaired) electrons. The lowest BCUT2D eigenvalue weighted by molar-refractivity contribution is -0.135. The van der Waals surface area contributed by atoms with E-state index in [1.807, 2.05) is 36.4 Å². The van der Waals surface area contributed by atoms with E-state index < -0.39 is 0 Å². The maximum absolute atomic E-state index is 13.2. The molecule has 1 unspecified atom stereocenters. The van der Waals surface area contributed by atoms with Crippen molar-refractivity contribution >= 4 is 45.4 Å². The van der Waals surface area contributed by atoms with Gasteiger partial charge in [0.15, 0.2) is 12.9 Å². The summed E-state index contributed by atoms with van der Waals surface area (Å²) in [6.07, 6.45) is 1.23. The van der Waals surface area contributed by atoms with Crippen molar-refractivity contribution in [2.24, 2.45) is 5.10 Å². The van der Waals surface area contributed by atoms with E-state index >= 15 is 0 Å². The van der Waals surface area contributed by atoms with Gasteiger partial charge in [0, 0.05) is 15.9 Å². The minimum Gasteiger partial charge on any atom is -0.497 e. The van der Waals surface area contributed by atoms with Gasteiger partial charge in [0.1, 0.15) is 11.5 Å². The van der Waals surface area contributed by atoms with Crippen LogP contribution in [0.4, 0.5) is 0 Å². The van der Waals surface area contributed by atoms with Gasteiger partial charge < -0.3 is 9.47 Å². The first-order valence-electron chi connectivity index (χ1n) is 10.2. The topological polar surface area (TPSA) is 68.2 Å². The lowest BCUT2D eigenvalue weighted by atomic mass is 9.98. The molecule has 168 valence electrons. The summed E-state index contributed by atoms with van der Waals surface area (Å²) >= 11 is 9.35. The van der Waals surface area contributed by atoms with Gasteiger partial charge >= 0.3 is 0 Å². The van der Waals surface area contributed by atoms with E-state index in [1.165, 1.54) is 5.01 Å². The van der Waals surface area contributed by atoms with Crippen LogP contribution in [0.15, 0.2) is 76.3 Å². The number of amides is 1. The number of hydrazone groups is 1. The summed E-state index contributed by atoms with van der Waals surface area (Å²) in [6, 6.07) is 19.6. The van der Waals surface area contributed by atoms with Gasteiger partial charge in [-0.2, -0.15) is 5.10 Å².